The van der Waals surface area contributed by atoms with Crippen LogP contribution in [0.1, 0.15) is 15.9 Å². The fourth-order valence-corrected chi connectivity index (χ4v) is 1.78. The molecule has 1 aromatic heterocycles. The quantitative estimate of drug-likeness (QED) is 0.896. The van der Waals surface area contributed by atoms with Gasteiger partial charge in [-0.15, -0.1) is 0 Å². The molecule has 0 spiro atoms. The molecule has 1 aromatic carbocycles. The van der Waals surface area contributed by atoms with E-state index in [0.29, 0.717) is 17.1 Å². The number of amides is 1. The molecule has 2 rings (SSSR count). The van der Waals surface area contributed by atoms with Gasteiger partial charge in [0.15, 0.2) is 0 Å². The van der Waals surface area contributed by atoms with E-state index >= 15 is 0 Å². The number of halogens is 1. The Morgan fingerprint density at radius 1 is 1.33 bits per heavy atom. The van der Waals surface area contributed by atoms with E-state index in [0.717, 1.165) is 10.0 Å². The molecule has 0 saturated carbocycles. The fourth-order valence-electron chi connectivity index (χ4n) is 1.40. The van der Waals surface area contributed by atoms with Crippen molar-refractivity contribution in [2.75, 3.05) is 11.1 Å². The summed E-state index contributed by atoms with van der Waals surface area (Å²) in [5, 5.41) is 2.71. The molecular formula is C13H12BrN3O. The Kier molecular flexibility index (Phi) is 3.62. The Hall–Kier alpha value is -1.88. The molecule has 0 radical (unpaired) electrons. The second-order valence-electron chi connectivity index (χ2n) is 3.89. The van der Waals surface area contributed by atoms with Crippen molar-refractivity contribution in [3.8, 4) is 0 Å². The smallest absolute Gasteiger partial charge is 0.256 e. The predicted octanol–water partition coefficient (Wildman–Crippen LogP) is 2.99. The largest absolute Gasteiger partial charge is 0.397 e. The lowest BCUT2D eigenvalue weighted by molar-refractivity contribution is 0.102. The van der Waals surface area contributed by atoms with Crippen LogP contribution in [0.4, 0.5) is 11.5 Å². The van der Waals surface area contributed by atoms with Gasteiger partial charge in [0, 0.05) is 10.0 Å². The van der Waals surface area contributed by atoms with Gasteiger partial charge in [0.1, 0.15) is 5.82 Å². The van der Waals surface area contributed by atoms with Crippen LogP contribution in [0.5, 0.6) is 0 Å². The van der Waals surface area contributed by atoms with E-state index in [1.807, 2.05) is 13.0 Å². The second kappa shape index (κ2) is 5.18. The summed E-state index contributed by atoms with van der Waals surface area (Å²) in [5.74, 6) is 0.277. The molecule has 0 saturated heterocycles. The molecule has 0 aliphatic carbocycles. The molecule has 18 heavy (non-hydrogen) atoms. The third-order valence-electron chi connectivity index (χ3n) is 2.46. The van der Waals surface area contributed by atoms with E-state index in [4.69, 9.17) is 5.73 Å². The summed E-state index contributed by atoms with van der Waals surface area (Å²) in [5.41, 5.74) is 7.74. The summed E-state index contributed by atoms with van der Waals surface area (Å²) in [7, 11) is 0. The van der Waals surface area contributed by atoms with Crippen molar-refractivity contribution in [1.29, 1.82) is 0 Å². The molecule has 0 aliphatic rings. The van der Waals surface area contributed by atoms with Crippen LogP contribution in [0.25, 0.3) is 0 Å². The van der Waals surface area contributed by atoms with Gasteiger partial charge in [-0.25, -0.2) is 4.98 Å². The lowest BCUT2D eigenvalue weighted by atomic mass is 10.1. The zero-order chi connectivity index (χ0) is 13.1. The molecule has 3 N–H and O–H groups in total. The summed E-state index contributed by atoms with van der Waals surface area (Å²) in [6, 6.07) is 8.79. The van der Waals surface area contributed by atoms with Crippen LogP contribution in [-0.4, -0.2) is 10.9 Å². The first kappa shape index (κ1) is 12.6. The molecule has 0 aliphatic heterocycles. The van der Waals surface area contributed by atoms with Gasteiger partial charge in [0.05, 0.1) is 11.9 Å². The minimum absolute atomic E-state index is 0.201. The van der Waals surface area contributed by atoms with Crippen molar-refractivity contribution in [3.05, 3.63) is 52.1 Å². The number of nitrogens with zero attached hydrogens (tertiary/aromatic N) is 1. The van der Waals surface area contributed by atoms with E-state index in [-0.39, 0.29) is 5.91 Å². The van der Waals surface area contributed by atoms with Crippen LogP contribution >= 0.6 is 15.9 Å². The Labute approximate surface area is 113 Å². The van der Waals surface area contributed by atoms with E-state index in [1.54, 1.807) is 24.3 Å². The van der Waals surface area contributed by atoms with Crippen LogP contribution in [0, 0.1) is 6.92 Å². The average molecular weight is 306 g/mol. The number of aryl methyl sites for hydroxylation is 1. The highest BCUT2D eigenvalue weighted by molar-refractivity contribution is 9.10. The average Bonchev–Trinajstić information content (AvgIpc) is 2.35. The first-order chi connectivity index (χ1) is 8.56. The number of pyridine rings is 1. The van der Waals surface area contributed by atoms with Crippen molar-refractivity contribution < 1.29 is 4.79 Å². The molecule has 1 amide bonds. The first-order valence-electron chi connectivity index (χ1n) is 5.35. The van der Waals surface area contributed by atoms with Crippen molar-refractivity contribution in [2.24, 2.45) is 0 Å². The summed E-state index contributed by atoms with van der Waals surface area (Å²) in [4.78, 5) is 16.0. The number of carbonyl (C=O) groups excluding carboxylic acids is 1. The third kappa shape index (κ3) is 2.87. The molecule has 2 aromatic rings. The highest BCUT2D eigenvalue weighted by atomic mass is 79.9. The lowest BCUT2D eigenvalue weighted by Crippen LogP contribution is -2.13. The number of anilines is 2. The summed E-state index contributed by atoms with van der Waals surface area (Å²) >= 11 is 3.40. The number of hydrogen-bond acceptors (Lipinski definition) is 3. The topological polar surface area (TPSA) is 68.0 Å². The van der Waals surface area contributed by atoms with Crippen LogP contribution in [-0.2, 0) is 0 Å². The van der Waals surface area contributed by atoms with Gasteiger partial charge in [-0.1, -0.05) is 22.0 Å². The molecule has 0 bridgehead atoms. The minimum atomic E-state index is -0.201. The third-order valence-corrected chi connectivity index (χ3v) is 3.32. The molecule has 1 heterocycles. The van der Waals surface area contributed by atoms with Gasteiger partial charge in [0.2, 0.25) is 0 Å². The number of aromatic nitrogens is 1. The van der Waals surface area contributed by atoms with Crippen LogP contribution < -0.4 is 11.1 Å². The van der Waals surface area contributed by atoms with Gasteiger partial charge in [0.25, 0.3) is 5.91 Å². The number of hydrogen-bond donors (Lipinski definition) is 2. The zero-order valence-corrected chi connectivity index (χ0v) is 11.4. The van der Waals surface area contributed by atoms with Crippen LogP contribution in [0.15, 0.2) is 41.0 Å². The zero-order valence-electron chi connectivity index (χ0n) is 9.77. The maximum atomic E-state index is 12.0. The Balaban J connectivity index is 2.16. The molecule has 4 nitrogen and oxygen atoms in total. The summed E-state index contributed by atoms with van der Waals surface area (Å²) in [6.45, 7) is 1.97. The van der Waals surface area contributed by atoms with Crippen LogP contribution in [0.3, 0.4) is 0 Å². The SMILES string of the molecule is Cc1ccc(C(=O)Nc2ccc(N)cn2)cc1Br. The van der Waals surface area contributed by atoms with E-state index in [1.165, 1.54) is 6.20 Å². The molecule has 0 fully saturated rings. The van der Waals surface area contributed by atoms with Crippen LogP contribution in [0.2, 0.25) is 0 Å². The fraction of sp³-hybridized carbons (Fsp3) is 0.0769. The minimum Gasteiger partial charge on any atom is -0.397 e. The molecule has 0 unspecified atom stereocenters. The van der Waals surface area contributed by atoms with Crippen molar-refractivity contribution >= 4 is 33.3 Å². The van der Waals surface area contributed by atoms with Gasteiger partial charge >= 0.3 is 0 Å². The monoisotopic (exact) mass is 305 g/mol. The van der Waals surface area contributed by atoms with E-state index in [9.17, 15) is 4.79 Å². The lowest BCUT2D eigenvalue weighted by Gasteiger charge is -2.06. The number of benzene rings is 1. The number of nitrogens with one attached hydrogen (secondary N) is 1. The van der Waals surface area contributed by atoms with Crippen molar-refractivity contribution in [2.45, 2.75) is 6.92 Å². The van der Waals surface area contributed by atoms with Crippen molar-refractivity contribution in [1.82, 2.24) is 4.98 Å². The molecular weight excluding hydrogens is 294 g/mol. The van der Waals surface area contributed by atoms with Gasteiger partial charge in [-0.2, -0.15) is 0 Å². The molecule has 0 atom stereocenters. The number of nitrogen functional groups attached to an aromatic ring is 1. The van der Waals surface area contributed by atoms with E-state index in [2.05, 4.69) is 26.2 Å². The Morgan fingerprint density at radius 2 is 2.11 bits per heavy atom. The number of rotatable bonds is 2. The first-order valence-corrected chi connectivity index (χ1v) is 6.14. The normalized spacial score (nSPS) is 10.1. The maximum absolute atomic E-state index is 12.0. The summed E-state index contributed by atoms with van der Waals surface area (Å²) < 4.78 is 0.903. The highest BCUT2D eigenvalue weighted by Gasteiger charge is 2.08. The van der Waals surface area contributed by atoms with Crippen molar-refractivity contribution in [3.63, 3.8) is 0 Å². The van der Waals surface area contributed by atoms with Gasteiger partial charge < -0.3 is 11.1 Å². The maximum Gasteiger partial charge on any atom is 0.256 e. The Bertz CT molecular complexity index is 581. The standard InChI is InChI=1S/C13H12BrN3O/c1-8-2-3-9(6-11(8)14)13(18)17-12-5-4-10(15)7-16-12/h2-7H,15H2,1H3,(H,16,17,18). The number of carbonyl (C=O) groups is 1. The summed E-state index contributed by atoms with van der Waals surface area (Å²) in [6.07, 6.45) is 1.50. The van der Waals surface area contributed by atoms with Gasteiger partial charge in [-0.05, 0) is 36.8 Å². The van der Waals surface area contributed by atoms with Gasteiger partial charge in [-0.3, -0.25) is 4.79 Å². The highest BCUT2D eigenvalue weighted by Crippen LogP contribution is 2.18. The number of nitrogens with two attached hydrogens (primary N) is 1. The second-order valence-corrected chi connectivity index (χ2v) is 4.75. The Morgan fingerprint density at radius 3 is 2.72 bits per heavy atom. The van der Waals surface area contributed by atoms with E-state index < -0.39 is 0 Å². The molecule has 5 heteroatoms. The molecule has 92 valence electrons. The predicted molar refractivity (Wildman–Crippen MR) is 75.5 cm³/mol.